The first kappa shape index (κ1) is 13.6. The lowest BCUT2D eigenvalue weighted by molar-refractivity contribution is -0.137. The number of hydrogen-bond acceptors (Lipinski definition) is 2. The Kier molecular flexibility index (Phi) is 3.90. The van der Waals surface area contributed by atoms with Crippen LogP contribution in [-0.4, -0.2) is 9.97 Å². The van der Waals surface area contributed by atoms with Crippen LogP contribution in [0.25, 0.3) is 0 Å². The summed E-state index contributed by atoms with van der Waals surface area (Å²) in [6, 6.07) is 5.31. The molecule has 0 unspecified atom stereocenters. The van der Waals surface area contributed by atoms with Crippen LogP contribution in [0.1, 0.15) is 22.6 Å². The van der Waals surface area contributed by atoms with Crippen molar-refractivity contribution < 1.29 is 13.2 Å². The number of hydrogen-bond donors (Lipinski definition) is 2. The van der Waals surface area contributed by atoms with Gasteiger partial charge in [0.05, 0.1) is 5.56 Å². The third-order valence-electron chi connectivity index (χ3n) is 2.65. The van der Waals surface area contributed by atoms with Crippen molar-refractivity contribution in [3.8, 4) is 0 Å². The highest BCUT2D eigenvalue weighted by atomic mass is 19.4. The van der Waals surface area contributed by atoms with Crippen LogP contribution >= 0.6 is 0 Å². The fourth-order valence-corrected chi connectivity index (χ4v) is 1.76. The summed E-state index contributed by atoms with van der Waals surface area (Å²) in [6.07, 6.45) is -2.59. The van der Waals surface area contributed by atoms with Crippen LogP contribution in [0.3, 0.4) is 0 Å². The maximum Gasteiger partial charge on any atom is 0.416 e. The quantitative estimate of drug-likeness (QED) is 0.895. The Balaban J connectivity index is 1.93. The Labute approximate surface area is 108 Å². The molecule has 19 heavy (non-hydrogen) atoms. The van der Waals surface area contributed by atoms with E-state index in [2.05, 4.69) is 15.3 Å². The second-order valence-corrected chi connectivity index (χ2v) is 4.30. The predicted octanol–water partition coefficient (Wildman–Crippen LogP) is 3.03. The number of halogens is 3. The summed E-state index contributed by atoms with van der Waals surface area (Å²) in [5, 5.41) is 3.07. The number of aromatic nitrogens is 2. The molecule has 1 aromatic heterocycles. The summed E-state index contributed by atoms with van der Waals surface area (Å²) in [5.41, 5.74) is 0.889. The van der Waals surface area contributed by atoms with E-state index in [0.717, 1.165) is 23.7 Å². The number of nitrogens with one attached hydrogen (secondary N) is 2. The molecule has 0 saturated carbocycles. The van der Waals surface area contributed by atoms with E-state index in [-0.39, 0.29) is 0 Å². The fraction of sp³-hybridized carbons (Fsp3) is 0.308. The van der Waals surface area contributed by atoms with Gasteiger partial charge in [0.25, 0.3) is 0 Å². The molecule has 0 fully saturated rings. The average Bonchev–Trinajstić information content (AvgIpc) is 2.74. The zero-order chi connectivity index (χ0) is 13.9. The topological polar surface area (TPSA) is 40.7 Å². The minimum absolute atomic E-state index is 0.377. The number of alkyl halides is 3. The van der Waals surface area contributed by atoms with E-state index >= 15 is 0 Å². The first-order valence-electron chi connectivity index (χ1n) is 5.82. The molecule has 0 saturated heterocycles. The second kappa shape index (κ2) is 5.44. The van der Waals surface area contributed by atoms with Gasteiger partial charge in [-0.15, -0.1) is 0 Å². The van der Waals surface area contributed by atoms with Crippen LogP contribution in [0.2, 0.25) is 0 Å². The van der Waals surface area contributed by atoms with Crippen molar-refractivity contribution in [2.75, 3.05) is 0 Å². The maximum absolute atomic E-state index is 12.5. The van der Waals surface area contributed by atoms with Gasteiger partial charge in [0.1, 0.15) is 5.82 Å². The van der Waals surface area contributed by atoms with Gasteiger partial charge in [-0.3, -0.25) is 0 Å². The highest BCUT2D eigenvalue weighted by Gasteiger charge is 2.30. The van der Waals surface area contributed by atoms with E-state index in [9.17, 15) is 13.2 Å². The molecule has 102 valence electrons. The maximum atomic E-state index is 12.5. The number of aromatic amines is 1. The van der Waals surface area contributed by atoms with Gasteiger partial charge >= 0.3 is 6.18 Å². The molecule has 2 rings (SSSR count). The lowest BCUT2D eigenvalue weighted by atomic mass is 10.1. The molecule has 1 heterocycles. The minimum atomic E-state index is -4.30. The largest absolute Gasteiger partial charge is 0.416 e. The average molecular weight is 269 g/mol. The Morgan fingerprint density at radius 1 is 1.26 bits per heavy atom. The minimum Gasteiger partial charge on any atom is -0.345 e. The smallest absolute Gasteiger partial charge is 0.345 e. The van der Waals surface area contributed by atoms with Gasteiger partial charge in [-0.25, -0.2) is 4.98 Å². The highest BCUT2D eigenvalue weighted by Crippen LogP contribution is 2.29. The van der Waals surface area contributed by atoms with Gasteiger partial charge < -0.3 is 10.3 Å². The number of benzene rings is 1. The van der Waals surface area contributed by atoms with Crippen molar-refractivity contribution in [2.45, 2.75) is 26.2 Å². The second-order valence-electron chi connectivity index (χ2n) is 4.30. The van der Waals surface area contributed by atoms with Gasteiger partial charge in [0.15, 0.2) is 0 Å². The molecule has 2 N–H and O–H groups in total. The molecular weight excluding hydrogens is 255 g/mol. The van der Waals surface area contributed by atoms with Gasteiger partial charge in [-0.05, 0) is 18.6 Å². The number of nitrogens with zero attached hydrogens (tertiary/aromatic N) is 1. The van der Waals surface area contributed by atoms with E-state index in [1.54, 1.807) is 12.3 Å². The molecule has 0 bridgehead atoms. The van der Waals surface area contributed by atoms with Crippen LogP contribution in [0.15, 0.2) is 30.5 Å². The number of aryl methyl sites for hydroxylation is 1. The van der Waals surface area contributed by atoms with Crippen molar-refractivity contribution in [3.63, 3.8) is 0 Å². The standard InChI is InChI=1S/C13H14F3N3/c1-9-18-8-12(19-9)7-17-6-10-3-2-4-11(5-10)13(14,15)16/h2-5,8,17H,6-7H2,1H3,(H,18,19). The van der Waals surface area contributed by atoms with Crippen LogP contribution in [0.4, 0.5) is 13.2 Å². The molecule has 0 aliphatic heterocycles. The summed E-state index contributed by atoms with van der Waals surface area (Å²) in [5.74, 6) is 0.816. The monoisotopic (exact) mass is 269 g/mol. The van der Waals surface area contributed by atoms with E-state index < -0.39 is 11.7 Å². The molecule has 6 heteroatoms. The SMILES string of the molecule is Cc1ncc(CNCc2cccc(C(F)(F)F)c2)[nH]1. The summed E-state index contributed by atoms with van der Waals surface area (Å²) >= 11 is 0. The van der Waals surface area contributed by atoms with Crippen molar-refractivity contribution >= 4 is 0 Å². The summed E-state index contributed by atoms with van der Waals surface area (Å²) in [4.78, 5) is 7.09. The number of rotatable bonds is 4. The molecular formula is C13H14F3N3. The van der Waals surface area contributed by atoms with Crippen molar-refractivity contribution in [3.05, 3.63) is 53.1 Å². The van der Waals surface area contributed by atoms with E-state index in [1.165, 1.54) is 6.07 Å². The van der Waals surface area contributed by atoms with Crippen molar-refractivity contribution in [2.24, 2.45) is 0 Å². The molecule has 2 aromatic rings. The first-order chi connectivity index (χ1) is 8.95. The summed E-state index contributed by atoms with van der Waals surface area (Å²) in [6.45, 7) is 2.76. The summed E-state index contributed by atoms with van der Waals surface area (Å²) < 4.78 is 37.6. The van der Waals surface area contributed by atoms with Gasteiger partial charge in [0.2, 0.25) is 0 Å². The number of imidazole rings is 1. The lowest BCUT2D eigenvalue weighted by Crippen LogP contribution is -2.14. The normalized spacial score (nSPS) is 11.8. The molecule has 1 aromatic carbocycles. The zero-order valence-corrected chi connectivity index (χ0v) is 10.4. The van der Waals surface area contributed by atoms with Crippen LogP contribution in [-0.2, 0) is 19.3 Å². The Hall–Kier alpha value is -1.82. The zero-order valence-electron chi connectivity index (χ0n) is 10.4. The Morgan fingerprint density at radius 3 is 2.68 bits per heavy atom. The van der Waals surface area contributed by atoms with Gasteiger partial charge in [0, 0.05) is 25.0 Å². The third-order valence-corrected chi connectivity index (χ3v) is 2.65. The van der Waals surface area contributed by atoms with E-state index in [0.29, 0.717) is 18.7 Å². The van der Waals surface area contributed by atoms with E-state index in [1.807, 2.05) is 6.92 Å². The van der Waals surface area contributed by atoms with Crippen molar-refractivity contribution in [1.29, 1.82) is 0 Å². The van der Waals surface area contributed by atoms with Crippen LogP contribution in [0, 0.1) is 6.92 Å². The van der Waals surface area contributed by atoms with Gasteiger partial charge in [-0.1, -0.05) is 18.2 Å². The van der Waals surface area contributed by atoms with Crippen LogP contribution < -0.4 is 5.32 Å². The molecule has 0 aliphatic rings. The summed E-state index contributed by atoms with van der Waals surface area (Å²) in [7, 11) is 0. The third kappa shape index (κ3) is 3.82. The predicted molar refractivity (Wildman–Crippen MR) is 65.3 cm³/mol. The van der Waals surface area contributed by atoms with Gasteiger partial charge in [-0.2, -0.15) is 13.2 Å². The molecule has 0 amide bonds. The molecule has 0 spiro atoms. The molecule has 3 nitrogen and oxygen atoms in total. The molecule has 0 atom stereocenters. The Bertz CT molecular complexity index is 546. The molecule has 0 radical (unpaired) electrons. The Morgan fingerprint density at radius 2 is 2.05 bits per heavy atom. The molecule has 0 aliphatic carbocycles. The van der Waals surface area contributed by atoms with Crippen LogP contribution in [0.5, 0.6) is 0 Å². The lowest BCUT2D eigenvalue weighted by Gasteiger charge is -2.09. The van der Waals surface area contributed by atoms with Crippen molar-refractivity contribution in [1.82, 2.24) is 15.3 Å². The highest BCUT2D eigenvalue weighted by molar-refractivity contribution is 5.25. The first-order valence-corrected chi connectivity index (χ1v) is 5.82. The number of H-pyrrole nitrogens is 1. The van der Waals surface area contributed by atoms with E-state index in [4.69, 9.17) is 0 Å². The fourth-order valence-electron chi connectivity index (χ4n) is 1.76.